The van der Waals surface area contributed by atoms with E-state index in [9.17, 15) is 19.2 Å². The SMILES string of the molecule is CC(=O)CCC(=O)O.CC(=O)CCC(=O)O. The highest BCUT2D eigenvalue weighted by Crippen LogP contribution is 1.88. The van der Waals surface area contributed by atoms with E-state index in [1.165, 1.54) is 13.8 Å². The lowest BCUT2D eigenvalue weighted by atomic mass is 10.2. The first kappa shape index (κ1) is 16.7. The van der Waals surface area contributed by atoms with E-state index >= 15 is 0 Å². The van der Waals surface area contributed by atoms with Crippen LogP contribution in [0.5, 0.6) is 0 Å². The predicted molar refractivity (Wildman–Crippen MR) is 55.1 cm³/mol. The molecule has 0 aromatic carbocycles. The van der Waals surface area contributed by atoms with Gasteiger partial charge in [0.25, 0.3) is 0 Å². The molecule has 92 valence electrons. The number of Topliss-reactive ketones (excluding diaryl/α,β-unsaturated/α-hetero) is 2. The molecule has 6 heteroatoms. The van der Waals surface area contributed by atoms with E-state index in [4.69, 9.17) is 10.2 Å². The highest BCUT2D eigenvalue weighted by molar-refractivity contribution is 5.80. The van der Waals surface area contributed by atoms with Crippen molar-refractivity contribution in [2.24, 2.45) is 0 Å². The number of carbonyl (C=O) groups is 4. The number of hydrogen-bond acceptors (Lipinski definition) is 4. The third kappa shape index (κ3) is 22.8. The number of ketones is 2. The summed E-state index contributed by atoms with van der Waals surface area (Å²) in [5.41, 5.74) is 0. The standard InChI is InChI=1S/2C5H8O3/c2*1-4(6)2-3-5(7)8/h2*2-3H2,1H3,(H,7,8). The van der Waals surface area contributed by atoms with E-state index in [-0.39, 0.29) is 37.2 Å². The van der Waals surface area contributed by atoms with Gasteiger partial charge in [-0.05, 0) is 13.8 Å². The number of carboxylic acid groups (broad SMARTS) is 2. The van der Waals surface area contributed by atoms with Crippen LogP contribution in [0, 0.1) is 0 Å². The second-order valence-corrected chi connectivity index (χ2v) is 3.19. The van der Waals surface area contributed by atoms with Gasteiger partial charge in [0.15, 0.2) is 0 Å². The van der Waals surface area contributed by atoms with Gasteiger partial charge < -0.3 is 19.8 Å². The van der Waals surface area contributed by atoms with Crippen molar-refractivity contribution in [1.82, 2.24) is 0 Å². The van der Waals surface area contributed by atoms with Crippen LogP contribution in [-0.2, 0) is 19.2 Å². The third-order valence-electron chi connectivity index (χ3n) is 1.38. The van der Waals surface area contributed by atoms with Gasteiger partial charge in [-0.25, -0.2) is 0 Å². The summed E-state index contributed by atoms with van der Waals surface area (Å²) in [5.74, 6) is -1.99. The van der Waals surface area contributed by atoms with Crippen molar-refractivity contribution in [3.63, 3.8) is 0 Å². The van der Waals surface area contributed by atoms with Crippen LogP contribution in [0.1, 0.15) is 39.5 Å². The summed E-state index contributed by atoms with van der Waals surface area (Å²) in [7, 11) is 0. The van der Waals surface area contributed by atoms with E-state index in [0.29, 0.717) is 0 Å². The fourth-order valence-corrected chi connectivity index (χ4v) is 0.566. The van der Waals surface area contributed by atoms with Gasteiger partial charge in [-0.1, -0.05) is 0 Å². The maximum atomic E-state index is 10.1. The van der Waals surface area contributed by atoms with E-state index in [1.807, 2.05) is 0 Å². The first-order valence-corrected chi connectivity index (χ1v) is 4.68. The van der Waals surface area contributed by atoms with Crippen molar-refractivity contribution >= 4 is 23.5 Å². The minimum absolute atomic E-state index is 0.0463. The van der Waals surface area contributed by atoms with Crippen molar-refractivity contribution in [2.75, 3.05) is 0 Å². The van der Waals surface area contributed by atoms with Crippen LogP contribution in [0.15, 0.2) is 0 Å². The minimum Gasteiger partial charge on any atom is -0.481 e. The van der Waals surface area contributed by atoms with Crippen molar-refractivity contribution < 1.29 is 29.4 Å². The molecule has 0 saturated carbocycles. The third-order valence-corrected chi connectivity index (χ3v) is 1.38. The summed E-state index contributed by atoms with van der Waals surface area (Å²) in [6.45, 7) is 2.76. The summed E-state index contributed by atoms with van der Waals surface area (Å²) < 4.78 is 0. The fraction of sp³-hybridized carbons (Fsp3) is 0.600. The van der Waals surface area contributed by atoms with Gasteiger partial charge in [-0.2, -0.15) is 0 Å². The molecule has 16 heavy (non-hydrogen) atoms. The zero-order valence-electron chi connectivity index (χ0n) is 9.36. The average Bonchev–Trinajstić information content (AvgIpc) is 2.12. The van der Waals surface area contributed by atoms with Crippen molar-refractivity contribution in [3.05, 3.63) is 0 Å². The lowest BCUT2D eigenvalue weighted by Gasteiger charge is -1.86. The molecule has 0 aliphatic heterocycles. The summed E-state index contributed by atoms with van der Waals surface area (Å²) in [6.07, 6.45) is 0.204. The van der Waals surface area contributed by atoms with E-state index in [1.54, 1.807) is 0 Å². The summed E-state index contributed by atoms with van der Waals surface area (Å²) >= 11 is 0. The molecule has 2 N–H and O–H groups in total. The molecule has 0 aromatic rings. The Morgan fingerprint density at radius 3 is 1.00 bits per heavy atom. The van der Waals surface area contributed by atoms with Crippen LogP contribution < -0.4 is 0 Å². The highest BCUT2D eigenvalue weighted by Gasteiger charge is 1.98. The number of rotatable bonds is 6. The Morgan fingerprint density at radius 1 is 0.688 bits per heavy atom. The van der Waals surface area contributed by atoms with Gasteiger partial charge in [0.2, 0.25) is 0 Å². The van der Waals surface area contributed by atoms with E-state index in [2.05, 4.69) is 0 Å². The van der Waals surface area contributed by atoms with Crippen LogP contribution in [-0.4, -0.2) is 33.7 Å². The number of carbonyl (C=O) groups excluding carboxylic acids is 2. The first-order valence-electron chi connectivity index (χ1n) is 4.68. The Kier molecular flexibility index (Phi) is 10.3. The van der Waals surface area contributed by atoms with Crippen LogP contribution in [0.25, 0.3) is 0 Å². The average molecular weight is 232 g/mol. The van der Waals surface area contributed by atoms with Gasteiger partial charge in [0.05, 0.1) is 12.8 Å². The molecule has 0 unspecified atom stereocenters. The maximum absolute atomic E-state index is 10.1. The molecular weight excluding hydrogens is 216 g/mol. The molecule has 0 heterocycles. The molecule has 0 radical (unpaired) electrons. The number of aliphatic carboxylic acids is 2. The monoisotopic (exact) mass is 232 g/mol. The minimum atomic E-state index is -0.916. The smallest absolute Gasteiger partial charge is 0.303 e. The quantitative estimate of drug-likeness (QED) is 0.703. The molecule has 0 aliphatic rings. The van der Waals surface area contributed by atoms with Crippen molar-refractivity contribution in [3.8, 4) is 0 Å². The Morgan fingerprint density at radius 2 is 0.938 bits per heavy atom. The molecule has 0 spiro atoms. The van der Waals surface area contributed by atoms with Gasteiger partial charge >= 0.3 is 11.9 Å². The lowest BCUT2D eigenvalue weighted by molar-refractivity contribution is -0.139. The van der Waals surface area contributed by atoms with Crippen LogP contribution in [0.2, 0.25) is 0 Å². The van der Waals surface area contributed by atoms with Crippen LogP contribution in [0.3, 0.4) is 0 Å². The lowest BCUT2D eigenvalue weighted by Crippen LogP contribution is -1.98. The normalized spacial score (nSPS) is 8.62. The first-order chi connectivity index (χ1) is 7.25. The van der Waals surface area contributed by atoms with E-state index in [0.717, 1.165) is 0 Å². The molecule has 0 aliphatic carbocycles. The Bertz CT molecular complexity index is 212. The topological polar surface area (TPSA) is 109 Å². The van der Waals surface area contributed by atoms with Crippen molar-refractivity contribution in [2.45, 2.75) is 39.5 Å². The van der Waals surface area contributed by atoms with Crippen molar-refractivity contribution in [1.29, 1.82) is 0 Å². The maximum Gasteiger partial charge on any atom is 0.303 e. The van der Waals surface area contributed by atoms with Gasteiger partial charge in [-0.15, -0.1) is 0 Å². The summed E-state index contributed by atoms with van der Waals surface area (Å²) in [6, 6.07) is 0. The Balaban J connectivity index is 0. The largest absolute Gasteiger partial charge is 0.481 e. The molecule has 0 bridgehead atoms. The predicted octanol–water partition coefficient (Wildman–Crippen LogP) is 0.880. The molecule has 0 saturated heterocycles. The fourth-order valence-electron chi connectivity index (χ4n) is 0.566. The Hall–Kier alpha value is -1.72. The second kappa shape index (κ2) is 9.82. The van der Waals surface area contributed by atoms with Gasteiger partial charge in [0.1, 0.15) is 11.6 Å². The molecule has 0 aromatic heterocycles. The molecule has 0 amide bonds. The van der Waals surface area contributed by atoms with E-state index < -0.39 is 11.9 Å². The molecular formula is C10H16O6. The molecule has 6 nitrogen and oxygen atoms in total. The number of carboxylic acids is 2. The van der Waals surface area contributed by atoms with Crippen LogP contribution >= 0.6 is 0 Å². The molecule has 0 fully saturated rings. The molecule has 0 rings (SSSR count). The second-order valence-electron chi connectivity index (χ2n) is 3.19. The molecule has 0 atom stereocenters. The summed E-state index contributed by atoms with van der Waals surface area (Å²) in [5, 5.41) is 16.0. The van der Waals surface area contributed by atoms with Gasteiger partial charge in [-0.3, -0.25) is 9.59 Å². The zero-order valence-corrected chi connectivity index (χ0v) is 9.36. The summed E-state index contributed by atoms with van der Waals surface area (Å²) in [4.78, 5) is 39.7. The zero-order chi connectivity index (χ0) is 13.1. The van der Waals surface area contributed by atoms with Crippen LogP contribution in [0.4, 0.5) is 0 Å². The van der Waals surface area contributed by atoms with Gasteiger partial charge in [0, 0.05) is 12.8 Å². The number of hydrogen-bond donors (Lipinski definition) is 2. The Labute approximate surface area is 93.3 Å². The highest BCUT2D eigenvalue weighted by atomic mass is 16.4.